The van der Waals surface area contributed by atoms with E-state index in [2.05, 4.69) is 26.5 Å². The van der Waals surface area contributed by atoms with Crippen LogP contribution in [-0.2, 0) is 26.2 Å². The third-order valence-corrected chi connectivity index (χ3v) is 9.99. The van der Waals surface area contributed by atoms with Crippen molar-refractivity contribution in [2.75, 3.05) is 4.90 Å². The third-order valence-electron chi connectivity index (χ3n) is 9.46. The summed E-state index contributed by atoms with van der Waals surface area (Å²) in [5.74, 6) is -2.32. The lowest BCUT2D eigenvalue weighted by Gasteiger charge is -2.52. The molecule has 2 atom stereocenters. The third kappa shape index (κ3) is 3.78. The monoisotopic (exact) mass is 639 g/mol. The first-order chi connectivity index (χ1) is 21.5. The van der Waals surface area contributed by atoms with Crippen molar-refractivity contribution in [1.82, 2.24) is 5.43 Å². The molecule has 5 aromatic carbocycles. The number of carbonyl (C=O) groups is 3. The lowest BCUT2D eigenvalue weighted by atomic mass is 9.47. The second kappa shape index (κ2) is 10.1. The Balaban J connectivity index is 1.22. The lowest BCUT2D eigenvalue weighted by molar-refractivity contribution is -0.123. The maximum Gasteiger partial charge on any atom is 0.244 e. The quantitative estimate of drug-likeness (QED) is 0.135. The predicted molar refractivity (Wildman–Crippen MR) is 173 cm³/mol. The number of amides is 3. The molecule has 1 fully saturated rings. The highest BCUT2D eigenvalue weighted by Crippen LogP contribution is 2.63. The van der Waals surface area contributed by atoms with Gasteiger partial charge in [0.25, 0.3) is 0 Å². The van der Waals surface area contributed by atoms with Gasteiger partial charge in [-0.05, 0) is 62.9 Å². The molecule has 5 aromatic rings. The fourth-order valence-corrected chi connectivity index (χ4v) is 8.02. The number of hydrogen-bond acceptors (Lipinski definition) is 4. The summed E-state index contributed by atoms with van der Waals surface area (Å²) in [5.41, 5.74) is 7.06. The van der Waals surface area contributed by atoms with Crippen molar-refractivity contribution in [3.8, 4) is 0 Å². The minimum Gasteiger partial charge on any atom is -0.274 e. The van der Waals surface area contributed by atoms with Gasteiger partial charge < -0.3 is 0 Å². The number of hydrazone groups is 1. The van der Waals surface area contributed by atoms with Gasteiger partial charge in [0.1, 0.15) is 0 Å². The zero-order valence-electron chi connectivity index (χ0n) is 23.5. The van der Waals surface area contributed by atoms with Gasteiger partial charge in [0.15, 0.2) is 0 Å². The molecule has 1 heterocycles. The van der Waals surface area contributed by atoms with E-state index in [1.165, 1.54) is 4.90 Å². The van der Waals surface area contributed by atoms with Crippen molar-refractivity contribution in [2.24, 2.45) is 16.9 Å². The fraction of sp³-hybridized carbons (Fsp3) is 0.135. The molecular weight excluding hydrogens is 614 g/mol. The van der Waals surface area contributed by atoms with Gasteiger partial charge in [0, 0.05) is 16.6 Å². The predicted octanol–water partition coefficient (Wildman–Crippen LogP) is 6.50. The van der Waals surface area contributed by atoms with Crippen molar-refractivity contribution in [3.05, 3.63) is 148 Å². The topological polar surface area (TPSA) is 78.8 Å². The van der Waals surface area contributed by atoms with Gasteiger partial charge in [-0.15, -0.1) is 0 Å². The van der Waals surface area contributed by atoms with E-state index in [0.717, 1.165) is 43.1 Å². The highest BCUT2D eigenvalue weighted by molar-refractivity contribution is 9.10. The summed E-state index contributed by atoms with van der Waals surface area (Å²) in [7, 11) is 0. The van der Waals surface area contributed by atoms with Crippen LogP contribution >= 0.6 is 15.9 Å². The molecule has 0 spiro atoms. The van der Waals surface area contributed by atoms with Crippen LogP contribution in [-0.4, -0.2) is 23.9 Å². The Hall–Kier alpha value is -4.88. The summed E-state index contributed by atoms with van der Waals surface area (Å²) >= 11 is 3.45. The van der Waals surface area contributed by atoms with E-state index in [-0.39, 0.29) is 30.1 Å². The van der Waals surface area contributed by atoms with Crippen molar-refractivity contribution < 1.29 is 14.4 Å². The van der Waals surface area contributed by atoms with E-state index < -0.39 is 17.3 Å². The van der Waals surface area contributed by atoms with Gasteiger partial charge in [0.2, 0.25) is 17.7 Å². The molecule has 1 aliphatic heterocycles. The number of anilines is 1. The summed E-state index contributed by atoms with van der Waals surface area (Å²) in [6.45, 7) is 0. The van der Waals surface area contributed by atoms with E-state index in [9.17, 15) is 14.4 Å². The Morgan fingerprint density at radius 1 is 0.795 bits per heavy atom. The smallest absolute Gasteiger partial charge is 0.244 e. The molecule has 7 heteroatoms. The molecule has 3 aliphatic carbocycles. The summed E-state index contributed by atoms with van der Waals surface area (Å²) in [4.78, 5) is 43.3. The second-order valence-corrected chi connectivity index (χ2v) is 12.5. The summed E-state index contributed by atoms with van der Waals surface area (Å²) in [6, 6.07) is 37.1. The second-order valence-electron chi connectivity index (χ2n) is 11.6. The molecule has 44 heavy (non-hydrogen) atoms. The lowest BCUT2D eigenvalue weighted by Crippen LogP contribution is -2.54. The molecule has 0 radical (unpaired) electrons. The SMILES string of the molecule is O=C(Cc1cccc2ccccc12)N/N=C\C12c3ccccc3C(c3ccccc31)[C@@H]1C(=O)N(c3ccc(Br)cc3)C(=O)[C@H]12. The van der Waals surface area contributed by atoms with Crippen LogP contribution in [0.2, 0.25) is 0 Å². The van der Waals surface area contributed by atoms with E-state index in [1.54, 1.807) is 18.3 Å². The maximum atomic E-state index is 14.5. The Kier molecular flexibility index (Phi) is 6.13. The Bertz CT molecular complexity index is 1980. The maximum absolute atomic E-state index is 14.5. The minimum absolute atomic E-state index is 0.155. The zero-order chi connectivity index (χ0) is 30.0. The van der Waals surface area contributed by atoms with Gasteiger partial charge in [-0.3, -0.25) is 14.4 Å². The van der Waals surface area contributed by atoms with Gasteiger partial charge in [-0.1, -0.05) is 107 Å². The number of fused-ring (bicyclic) bond motifs is 1. The van der Waals surface area contributed by atoms with Gasteiger partial charge in [-0.2, -0.15) is 5.10 Å². The van der Waals surface area contributed by atoms with E-state index in [1.807, 2.05) is 103 Å². The van der Waals surface area contributed by atoms with Gasteiger partial charge in [0.05, 0.1) is 29.4 Å². The van der Waals surface area contributed by atoms with Crippen molar-refractivity contribution in [1.29, 1.82) is 0 Å². The van der Waals surface area contributed by atoms with Crippen LogP contribution in [0.15, 0.2) is 125 Å². The van der Waals surface area contributed by atoms with Crippen molar-refractivity contribution in [2.45, 2.75) is 17.8 Å². The Morgan fingerprint density at radius 3 is 2.16 bits per heavy atom. The van der Waals surface area contributed by atoms with E-state index in [4.69, 9.17) is 0 Å². The molecule has 6 nitrogen and oxygen atoms in total. The molecule has 0 unspecified atom stereocenters. The Labute approximate surface area is 262 Å². The number of benzene rings is 5. The number of carbonyl (C=O) groups excluding carboxylic acids is 3. The van der Waals surface area contributed by atoms with Crippen LogP contribution in [0, 0.1) is 11.8 Å². The summed E-state index contributed by atoms with van der Waals surface area (Å²) in [6.07, 6.45) is 1.86. The van der Waals surface area contributed by atoms with E-state index >= 15 is 0 Å². The molecule has 3 amide bonds. The number of nitrogens with zero attached hydrogens (tertiary/aromatic N) is 2. The van der Waals surface area contributed by atoms with Crippen LogP contribution < -0.4 is 10.3 Å². The van der Waals surface area contributed by atoms with Crippen molar-refractivity contribution >= 4 is 56.3 Å². The standard InChI is InChI=1S/C37H26BrN3O3/c38-24-16-18-25(19-17-24)41-35(43)33-32-27-12-3-5-14-29(27)37(34(33)36(41)44,30-15-6-4-13-28(30)32)21-39-40-31(42)20-23-10-7-9-22-8-1-2-11-26(22)23/h1-19,21,32-34H,20H2,(H,40,42)/b39-21-/t32?,33-,34-,37?/m0/s1. The van der Waals surface area contributed by atoms with Crippen LogP contribution in [0.25, 0.3) is 10.8 Å². The number of hydrogen-bond donors (Lipinski definition) is 1. The first-order valence-electron chi connectivity index (χ1n) is 14.6. The summed E-state index contributed by atoms with van der Waals surface area (Å²) in [5, 5.41) is 6.64. The molecule has 4 aliphatic rings. The first-order valence-corrected chi connectivity index (χ1v) is 15.4. The fourth-order valence-electron chi connectivity index (χ4n) is 7.76. The van der Waals surface area contributed by atoms with Gasteiger partial charge in [-0.25, -0.2) is 10.3 Å². The van der Waals surface area contributed by atoms with E-state index in [0.29, 0.717) is 5.69 Å². The number of imide groups is 1. The minimum atomic E-state index is -1.05. The number of rotatable bonds is 5. The zero-order valence-corrected chi connectivity index (χ0v) is 25.1. The van der Waals surface area contributed by atoms with Crippen LogP contribution in [0.5, 0.6) is 0 Å². The number of halogens is 1. The van der Waals surface area contributed by atoms with Crippen LogP contribution in [0.3, 0.4) is 0 Å². The highest BCUT2D eigenvalue weighted by Gasteiger charge is 2.68. The average Bonchev–Trinajstić information content (AvgIpc) is 3.32. The Morgan fingerprint density at radius 2 is 1.43 bits per heavy atom. The molecule has 9 rings (SSSR count). The first kappa shape index (κ1) is 26.7. The molecule has 214 valence electrons. The molecular formula is C37H26BrN3O3. The van der Waals surface area contributed by atoms with Crippen molar-refractivity contribution in [3.63, 3.8) is 0 Å². The largest absolute Gasteiger partial charge is 0.274 e. The highest BCUT2D eigenvalue weighted by atomic mass is 79.9. The molecule has 0 saturated carbocycles. The molecule has 0 aromatic heterocycles. The number of nitrogens with one attached hydrogen (secondary N) is 1. The molecule has 1 saturated heterocycles. The van der Waals surface area contributed by atoms with Gasteiger partial charge >= 0.3 is 0 Å². The normalized spacial score (nSPS) is 23.1. The summed E-state index contributed by atoms with van der Waals surface area (Å²) < 4.78 is 0.862. The average molecular weight is 641 g/mol. The molecule has 1 N–H and O–H groups in total. The van der Waals surface area contributed by atoms with Crippen LogP contribution in [0.1, 0.15) is 33.7 Å². The van der Waals surface area contributed by atoms with Crippen LogP contribution in [0.4, 0.5) is 5.69 Å². The molecule has 2 bridgehead atoms.